The number of aliphatic hydroxyl groups excluding tert-OH is 1. The lowest BCUT2D eigenvalue weighted by Crippen LogP contribution is -2.53. The van der Waals surface area contributed by atoms with Crippen molar-refractivity contribution in [3.8, 4) is 6.07 Å². The van der Waals surface area contributed by atoms with E-state index in [1.807, 2.05) is 19.1 Å². The molecular weight excluding hydrogens is 240 g/mol. The molecule has 19 heavy (non-hydrogen) atoms. The molecular formula is C14H20N4O. The number of β-amino-alcohol motifs (C(OH)–C–C–N with tert-alkyl or cyclic N) is 1. The van der Waals surface area contributed by atoms with Crippen LogP contribution in [0.1, 0.15) is 19.5 Å². The van der Waals surface area contributed by atoms with Crippen LogP contribution in [-0.4, -0.2) is 53.3 Å². The van der Waals surface area contributed by atoms with Crippen molar-refractivity contribution >= 4 is 5.69 Å². The summed E-state index contributed by atoms with van der Waals surface area (Å²) in [6.07, 6.45) is 1.48. The van der Waals surface area contributed by atoms with Crippen molar-refractivity contribution in [1.82, 2.24) is 9.88 Å². The summed E-state index contributed by atoms with van der Waals surface area (Å²) in [4.78, 5) is 8.70. The molecule has 0 radical (unpaired) electrons. The van der Waals surface area contributed by atoms with Gasteiger partial charge in [0.15, 0.2) is 0 Å². The summed E-state index contributed by atoms with van der Waals surface area (Å²) in [6.45, 7) is 7.51. The smallest absolute Gasteiger partial charge is 0.140 e. The molecule has 0 spiro atoms. The normalized spacial score (nSPS) is 22.0. The van der Waals surface area contributed by atoms with Gasteiger partial charge in [0.25, 0.3) is 0 Å². The Labute approximate surface area is 114 Å². The first kappa shape index (κ1) is 13.8. The zero-order valence-corrected chi connectivity index (χ0v) is 11.5. The predicted octanol–water partition coefficient (Wildman–Crippen LogP) is 0.845. The minimum Gasteiger partial charge on any atom is -0.392 e. The second-order valence-electron chi connectivity index (χ2n) is 5.16. The fraction of sp³-hybridized carbons (Fsp3) is 0.571. The highest BCUT2D eigenvalue weighted by atomic mass is 16.3. The van der Waals surface area contributed by atoms with Crippen LogP contribution >= 0.6 is 0 Å². The molecule has 2 heterocycles. The van der Waals surface area contributed by atoms with Crippen LogP contribution in [0.15, 0.2) is 18.3 Å². The molecule has 0 amide bonds. The Bertz CT molecular complexity index is 452. The van der Waals surface area contributed by atoms with Crippen molar-refractivity contribution in [3.63, 3.8) is 0 Å². The van der Waals surface area contributed by atoms with Crippen LogP contribution < -0.4 is 4.90 Å². The standard InChI is InChI=1S/C14H20N4O/c1-11-9-17(10-12(2)19)5-6-18(11)14-4-3-13(7-15)16-8-14/h3-4,8,11-12,19H,5-6,9-10H2,1-2H3/t11-,12+/m0/s1. The van der Waals surface area contributed by atoms with E-state index in [9.17, 15) is 5.11 Å². The third-order valence-electron chi connectivity index (χ3n) is 3.43. The lowest BCUT2D eigenvalue weighted by Gasteiger charge is -2.41. The molecule has 1 aliphatic heterocycles. The van der Waals surface area contributed by atoms with E-state index in [2.05, 4.69) is 21.7 Å². The van der Waals surface area contributed by atoms with Crippen LogP contribution in [0.3, 0.4) is 0 Å². The Morgan fingerprint density at radius 1 is 1.53 bits per heavy atom. The maximum Gasteiger partial charge on any atom is 0.140 e. The molecule has 0 bridgehead atoms. The van der Waals surface area contributed by atoms with Gasteiger partial charge >= 0.3 is 0 Å². The minimum absolute atomic E-state index is 0.282. The van der Waals surface area contributed by atoms with Crippen molar-refractivity contribution in [2.24, 2.45) is 0 Å². The molecule has 5 nitrogen and oxygen atoms in total. The fourth-order valence-electron chi connectivity index (χ4n) is 2.58. The van der Waals surface area contributed by atoms with Gasteiger partial charge in [-0.2, -0.15) is 5.26 Å². The summed E-state index contributed by atoms with van der Waals surface area (Å²) in [7, 11) is 0. The highest BCUT2D eigenvalue weighted by Gasteiger charge is 2.24. The van der Waals surface area contributed by atoms with Gasteiger partial charge in [-0.3, -0.25) is 4.90 Å². The number of aromatic nitrogens is 1. The summed E-state index contributed by atoms with van der Waals surface area (Å²) < 4.78 is 0. The number of aliphatic hydroxyl groups is 1. The van der Waals surface area contributed by atoms with E-state index in [1.54, 1.807) is 12.3 Å². The van der Waals surface area contributed by atoms with E-state index in [-0.39, 0.29) is 6.10 Å². The number of nitrogens with zero attached hydrogens (tertiary/aromatic N) is 4. The summed E-state index contributed by atoms with van der Waals surface area (Å²) in [5, 5.41) is 18.2. The van der Waals surface area contributed by atoms with Gasteiger partial charge in [0, 0.05) is 32.2 Å². The summed E-state index contributed by atoms with van der Waals surface area (Å²) in [6, 6.07) is 6.11. The Morgan fingerprint density at radius 3 is 2.84 bits per heavy atom. The molecule has 1 aromatic heterocycles. The Hall–Kier alpha value is -1.64. The van der Waals surface area contributed by atoms with E-state index in [4.69, 9.17) is 5.26 Å². The number of hydrogen-bond donors (Lipinski definition) is 1. The van der Waals surface area contributed by atoms with Gasteiger partial charge < -0.3 is 10.0 Å². The predicted molar refractivity (Wildman–Crippen MR) is 73.9 cm³/mol. The second-order valence-corrected chi connectivity index (χ2v) is 5.16. The summed E-state index contributed by atoms with van der Waals surface area (Å²) in [5.41, 5.74) is 1.51. The number of hydrogen-bond acceptors (Lipinski definition) is 5. The Kier molecular flexibility index (Phi) is 4.35. The van der Waals surface area contributed by atoms with Gasteiger partial charge in [-0.05, 0) is 26.0 Å². The maximum atomic E-state index is 9.44. The van der Waals surface area contributed by atoms with Crippen molar-refractivity contribution in [1.29, 1.82) is 5.26 Å². The van der Waals surface area contributed by atoms with Gasteiger partial charge in [-0.25, -0.2) is 4.98 Å². The van der Waals surface area contributed by atoms with Crippen LogP contribution in [0, 0.1) is 11.3 Å². The van der Waals surface area contributed by atoms with Crippen LogP contribution in [0.2, 0.25) is 0 Å². The van der Waals surface area contributed by atoms with Crippen molar-refractivity contribution in [3.05, 3.63) is 24.0 Å². The average Bonchev–Trinajstić information content (AvgIpc) is 2.38. The molecule has 0 saturated carbocycles. The zero-order chi connectivity index (χ0) is 13.8. The average molecular weight is 260 g/mol. The molecule has 5 heteroatoms. The number of pyridine rings is 1. The molecule has 0 unspecified atom stereocenters. The Morgan fingerprint density at radius 2 is 2.32 bits per heavy atom. The quantitative estimate of drug-likeness (QED) is 0.872. The van der Waals surface area contributed by atoms with E-state index >= 15 is 0 Å². The van der Waals surface area contributed by atoms with Gasteiger partial charge in [-0.1, -0.05) is 0 Å². The molecule has 1 fully saturated rings. The lowest BCUT2D eigenvalue weighted by molar-refractivity contribution is 0.115. The summed E-state index contributed by atoms with van der Waals surface area (Å²) >= 11 is 0. The largest absolute Gasteiger partial charge is 0.392 e. The van der Waals surface area contributed by atoms with Gasteiger partial charge in [-0.15, -0.1) is 0 Å². The molecule has 1 N–H and O–H groups in total. The first-order chi connectivity index (χ1) is 9.10. The first-order valence-electron chi connectivity index (χ1n) is 6.63. The number of rotatable bonds is 3. The number of nitriles is 1. The first-order valence-corrected chi connectivity index (χ1v) is 6.63. The highest BCUT2D eigenvalue weighted by Crippen LogP contribution is 2.19. The van der Waals surface area contributed by atoms with E-state index in [0.717, 1.165) is 31.9 Å². The highest BCUT2D eigenvalue weighted by molar-refractivity contribution is 5.47. The molecule has 2 atom stereocenters. The summed E-state index contributed by atoms with van der Waals surface area (Å²) in [5.74, 6) is 0. The zero-order valence-electron chi connectivity index (χ0n) is 11.5. The second kappa shape index (κ2) is 6.00. The maximum absolute atomic E-state index is 9.44. The van der Waals surface area contributed by atoms with E-state index < -0.39 is 0 Å². The monoisotopic (exact) mass is 260 g/mol. The SMILES string of the molecule is C[C@@H](O)CN1CCN(c2ccc(C#N)nc2)[C@@H](C)C1. The van der Waals surface area contributed by atoms with Crippen LogP contribution in [0.4, 0.5) is 5.69 Å². The van der Waals surface area contributed by atoms with Crippen LogP contribution in [0.5, 0.6) is 0 Å². The topological polar surface area (TPSA) is 63.4 Å². The molecule has 102 valence electrons. The van der Waals surface area contributed by atoms with Crippen LogP contribution in [0.25, 0.3) is 0 Å². The molecule has 1 aliphatic rings. The van der Waals surface area contributed by atoms with E-state index in [0.29, 0.717) is 11.7 Å². The van der Waals surface area contributed by atoms with Crippen molar-refractivity contribution < 1.29 is 5.11 Å². The Balaban J connectivity index is 2.01. The van der Waals surface area contributed by atoms with Crippen LogP contribution in [-0.2, 0) is 0 Å². The molecule has 1 saturated heterocycles. The lowest BCUT2D eigenvalue weighted by atomic mass is 10.1. The third kappa shape index (κ3) is 3.43. The van der Waals surface area contributed by atoms with Gasteiger partial charge in [0.05, 0.1) is 18.0 Å². The van der Waals surface area contributed by atoms with Gasteiger partial charge in [0.1, 0.15) is 11.8 Å². The number of anilines is 1. The van der Waals surface area contributed by atoms with Gasteiger partial charge in [0.2, 0.25) is 0 Å². The molecule has 0 aromatic carbocycles. The molecule has 0 aliphatic carbocycles. The minimum atomic E-state index is -0.282. The molecule has 1 aromatic rings. The van der Waals surface area contributed by atoms with Crippen molar-refractivity contribution in [2.75, 3.05) is 31.1 Å². The fourth-order valence-corrected chi connectivity index (χ4v) is 2.58. The molecule has 2 rings (SSSR count). The number of piperazine rings is 1. The van der Waals surface area contributed by atoms with E-state index in [1.165, 1.54) is 0 Å². The third-order valence-corrected chi connectivity index (χ3v) is 3.43. The van der Waals surface area contributed by atoms with Crippen molar-refractivity contribution in [2.45, 2.75) is 26.0 Å².